The number of hydrazone groups is 1. The fourth-order valence-electron chi connectivity index (χ4n) is 5.49. The largest absolute Gasteiger partial charge is 0.399 e. The Labute approximate surface area is 311 Å². The molecule has 5 aromatic carbocycles. The Morgan fingerprint density at radius 3 is 2.15 bits per heavy atom. The number of nitrogens with one attached hydrogen (secondary N) is 2. The molecule has 20 heteroatoms. The number of benzene rings is 5. The lowest BCUT2D eigenvalue weighted by atomic mass is 9.92. The summed E-state index contributed by atoms with van der Waals surface area (Å²) in [6.07, 6.45) is 0.809. The molecule has 10 N–H and O–H groups in total. The minimum absolute atomic E-state index is 0.220. The van der Waals surface area contributed by atoms with Gasteiger partial charge in [0.25, 0.3) is 20.2 Å². The number of Topliss-reactive ketones (excluding diaryl/α,β-unsaturated/α-hetero) is 1. The van der Waals surface area contributed by atoms with Crippen molar-refractivity contribution in [3.05, 3.63) is 113 Å². The number of imidazole rings is 1. The molecule has 1 heterocycles. The second-order valence-electron chi connectivity index (χ2n) is 11.9. The third kappa shape index (κ3) is 7.54. The van der Waals surface area contributed by atoms with Gasteiger partial charge in [-0.15, -0.1) is 10.2 Å². The Morgan fingerprint density at radius 2 is 1.45 bits per heavy atom. The lowest BCUT2D eigenvalue weighted by Gasteiger charge is -2.20. The first-order chi connectivity index (χ1) is 26.2. The molecule has 1 aromatic heterocycles. The molecule has 55 heavy (non-hydrogen) atoms. The van der Waals surface area contributed by atoms with Crippen LogP contribution < -0.4 is 22.6 Å². The van der Waals surface area contributed by atoms with Gasteiger partial charge in [0.2, 0.25) is 5.78 Å². The number of azo groups is 2. The van der Waals surface area contributed by atoms with E-state index in [0.717, 1.165) is 17.7 Å². The number of carbonyl (C=O) groups excluding carboxylic acids is 1. The highest BCUT2D eigenvalue weighted by molar-refractivity contribution is 7.91. The molecule has 6 aromatic rings. The standard InChI is InChI=1S/C35H27N11O7S2/c36-20-8-12-25(24(37)16-20)44-43-23-11-13-26-27(17-23)40-35(39-26)18-6-9-22(10-7-18)42-45-32-28(54(48,49)50)14-19-15-29(55(51,52)53)33(34(47)30(19)31(32)38)46-41-21-4-2-1-3-5-21/h1-17,41H,36-38H2,(H,39,40)(H,48,49,50)(H,51,52,53)/b44-43?,45-42?,46-33+. The van der Waals surface area contributed by atoms with Crippen LogP contribution in [0.25, 0.3) is 28.5 Å². The normalized spacial score (nSPS) is 14.2. The third-order valence-electron chi connectivity index (χ3n) is 8.12. The van der Waals surface area contributed by atoms with Crippen molar-refractivity contribution in [3.8, 4) is 11.4 Å². The Morgan fingerprint density at radius 1 is 0.745 bits per heavy atom. The number of allylic oxidation sites excluding steroid dienone is 1. The van der Waals surface area contributed by atoms with Crippen molar-refractivity contribution >= 4 is 94.3 Å². The van der Waals surface area contributed by atoms with Crippen LogP contribution in [0.1, 0.15) is 15.9 Å². The molecule has 0 amide bonds. The smallest absolute Gasteiger partial charge is 0.296 e. The van der Waals surface area contributed by atoms with Crippen molar-refractivity contribution < 1.29 is 30.7 Å². The molecule has 0 bridgehead atoms. The van der Waals surface area contributed by atoms with E-state index in [1.54, 1.807) is 91.0 Å². The zero-order chi connectivity index (χ0) is 39.1. The molecule has 0 aliphatic heterocycles. The van der Waals surface area contributed by atoms with E-state index in [1.165, 1.54) is 0 Å². The van der Waals surface area contributed by atoms with Gasteiger partial charge in [-0.3, -0.25) is 19.3 Å². The van der Waals surface area contributed by atoms with Gasteiger partial charge in [-0.1, -0.05) is 18.2 Å². The summed E-state index contributed by atoms with van der Waals surface area (Å²) in [4.78, 5) is 19.7. The highest BCUT2D eigenvalue weighted by Gasteiger charge is 2.37. The molecular formula is C35H27N11O7S2. The predicted octanol–water partition coefficient (Wildman–Crippen LogP) is 6.95. The number of aromatic amines is 1. The van der Waals surface area contributed by atoms with E-state index in [1.807, 2.05) is 0 Å². The molecule has 0 saturated carbocycles. The first-order valence-corrected chi connectivity index (χ1v) is 18.7. The van der Waals surface area contributed by atoms with Gasteiger partial charge in [-0.05, 0) is 90.5 Å². The minimum Gasteiger partial charge on any atom is -0.399 e. The third-order valence-corrected chi connectivity index (χ3v) is 9.85. The van der Waals surface area contributed by atoms with E-state index in [9.17, 15) is 30.7 Å². The number of hydrogen-bond acceptors (Lipinski definition) is 15. The number of nitrogens with zero attached hydrogens (tertiary/aromatic N) is 6. The number of H-pyrrole nitrogens is 1. The summed E-state index contributed by atoms with van der Waals surface area (Å²) in [5.41, 5.74) is 22.4. The van der Waals surface area contributed by atoms with Crippen molar-refractivity contribution in [2.45, 2.75) is 4.90 Å². The number of aromatic nitrogens is 2. The molecular weight excluding hydrogens is 751 g/mol. The van der Waals surface area contributed by atoms with Gasteiger partial charge < -0.3 is 22.2 Å². The number of anilines is 4. The average Bonchev–Trinajstić information content (AvgIpc) is 3.57. The summed E-state index contributed by atoms with van der Waals surface area (Å²) in [6, 6.07) is 25.7. The molecule has 0 unspecified atom stereocenters. The van der Waals surface area contributed by atoms with E-state index in [4.69, 9.17) is 17.2 Å². The van der Waals surface area contributed by atoms with Crippen LogP contribution in [-0.2, 0) is 20.2 Å². The second-order valence-corrected chi connectivity index (χ2v) is 14.7. The highest BCUT2D eigenvalue weighted by Crippen LogP contribution is 2.41. The lowest BCUT2D eigenvalue weighted by Crippen LogP contribution is -2.28. The quantitative estimate of drug-likeness (QED) is 0.0339. The van der Waals surface area contributed by atoms with Gasteiger partial charge in [0.05, 0.1) is 45.0 Å². The molecule has 1 aliphatic rings. The molecule has 0 radical (unpaired) electrons. The number of fused-ring (bicyclic) bond motifs is 2. The van der Waals surface area contributed by atoms with Gasteiger partial charge in [-0.25, -0.2) is 4.98 Å². The van der Waals surface area contributed by atoms with Gasteiger partial charge in [0.15, 0.2) is 5.71 Å². The Hall–Kier alpha value is -7.13. The number of carbonyl (C=O) groups is 1. The van der Waals surface area contributed by atoms with E-state index in [0.29, 0.717) is 45.3 Å². The zero-order valence-corrected chi connectivity index (χ0v) is 29.6. The van der Waals surface area contributed by atoms with E-state index < -0.39 is 52.9 Å². The first-order valence-electron chi connectivity index (χ1n) is 15.8. The maximum atomic E-state index is 13.7. The molecule has 0 saturated heterocycles. The summed E-state index contributed by atoms with van der Waals surface area (Å²) in [7, 11) is -10.1. The van der Waals surface area contributed by atoms with E-state index in [-0.39, 0.29) is 16.8 Å². The van der Waals surface area contributed by atoms with Crippen molar-refractivity contribution in [3.63, 3.8) is 0 Å². The lowest BCUT2D eigenvalue weighted by molar-refractivity contribution is 0.106. The van der Waals surface area contributed by atoms with Gasteiger partial charge in [0, 0.05) is 11.3 Å². The fraction of sp³-hybridized carbons (Fsp3) is 0. The first kappa shape index (κ1) is 36.2. The Kier molecular flexibility index (Phi) is 9.24. The summed E-state index contributed by atoms with van der Waals surface area (Å²) < 4.78 is 69.5. The predicted molar refractivity (Wildman–Crippen MR) is 207 cm³/mol. The Balaban J connectivity index is 1.18. The van der Waals surface area contributed by atoms with E-state index in [2.05, 4.69) is 41.0 Å². The summed E-state index contributed by atoms with van der Waals surface area (Å²) >= 11 is 0. The van der Waals surface area contributed by atoms with Crippen LogP contribution in [0.2, 0.25) is 0 Å². The molecule has 0 fully saturated rings. The Bertz CT molecular complexity index is 2890. The van der Waals surface area contributed by atoms with Crippen LogP contribution in [0.4, 0.5) is 45.5 Å². The van der Waals surface area contributed by atoms with Gasteiger partial charge >= 0.3 is 0 Å². The van der Waals surface area contributed by atoms with Crippen molar-refractivity contribution in [1.82, 2.24) is 9.97 Å². The molecule has 0 spiro atoms. The van der Waals surface area contributed by atoms with Crippen LogP contribution in [0.5, 0.6) is 0 Å². The minimum atomic E-state index is -5.07. The van der Waals surface area contributed by atoms with Crippen LogP contribution in [-0.4, -0.2) is 47.4 Å². The fourth-order valence-corrected chi connectivity index (χ4v) is 6.82. The maximum absolute atomic E-state index is 13.7. The molecule has 18 nitrogen and oxygen atoms in total. The zero-order valence-electron chi connectivity index (χ0n) is 28.0. The number of rotatable bonds is 9. The number of hydrogen-bond donors (Lipinski definition) is 7. The van der Waals surface area contributed by atoms with Crippen LogP contribution >= 0.6 is 0 Å². The average molecular weight is 778 g/mol. The number of ketones is 1. The highest BCUT2D eigenvalue weighted by atomic mass is 32.2. The maximum Gasteiger partial charge on any atom is 0.296 e. The second kappa shape index (κ2) is 14.0. The van der Waals surface area contributed by atoms with Crippen molar-refractivity contribution in [1.29, 1.82) is 0 Å². The summed E-state index contributed by atoms with van der Waals surface area (Å²) in [6.45, 7) is 0. The molecule has 0 atom stereocenters. The van der Waals surface area contributed by atoms with Crippen LogP contribution in [0.15, 0.2) is 132 Å². The van der Waals surface area contributed by atoms with Crippen LogP contribution in [0, 0.1) is 0 Å². The van der Waals surface area contributed by atoms with Crippen molar-refractivity contribution in [2.24, 2.45) is 25.6 Å². The topological polar surface area (TPSA) is 306 Å². The summed E-state index contributed by atoms with van der Waals surface area (Å²) in [5, 5.41) is 20.4. The number of nitrogens with two attached hydrogens (primary N) is 3. The molecule has 1 aliphatic carbocycles. The monoisotopic (exact) mass is 777 g/mol. The number of nitrogen functional groups attached to an aromatic ring is 3. The van der Waals surface area contributed by atoms with E-state index >= 15 is 0 Å². The van der Waals surface area contributed by atoms with Crippen LogP contribution in [0.3, 0.4) is 0 Å². The molecule has 7 rings (SSSR count). The van der Waals surface area contributed by atoms with Gasteiger partial charge in [-0.2, -0.15) is 32.2 Å². The summed E-state index contributed by atoms with van der Waals surface area (Å²) in [5.74, 6) is -0.570. The van der Waals surface area contributed by atoms with Gasteiger partial charge in [0.1, 0.15) is 27.0 Å². The SMILES string of the molecule is Nc1ccc(N=Nc2ccc3[nH]c(-c4ccc(N=Nc5c(S(=O)(=O)O)cc6c(c5N)C(=O)/C(=N/Nc5ccccc5)C(S(=O)(=O)O)=C6)cc4)nc3c2)c(N)c1. The van der Waals surface area contributed by atoms with Crippen molar-refractivity contribution in [2.75, 3.05) is 22.6 Å². The number of para-hydroxylation sites is 1. The molecule has 276 valence electrons.